The van der Waals surface area contributed by atoms with Crippen LogP contribution in [0.2, 0.25) is 0 Å². The number of thiophene rings is 1. The van der Waals surface area contributed by atoms with Gasteiger partial charge in [0.25, 0.3) is 5.91 Å². The van der Waals surface area contributed by atoms with Gasteiger partial charge in [-0.15, -0.1) is 11.3 Å². The summed E-state index contributed by atoms with van der Waals surface area (Å²) in [6, 6.07) is 5.46. The zero-order chi connectivity index (χ0) is 18.4. The highest BCUT2D eigenvalue weighted by molar-refractivity contribution is 7.09. The standard InChI is InChI=1S/C18H21N3O4S/c22-16(17(23)20-11-15-2-1-9-26-15)19-10-13-3-6-21(7-4-13)18(24)14-5-8-25-12-14/h1-2,5,8-9,12-13H,3-4,6-7,10-11H2,(H,19,22)(H,20,23). The van der Waals surface area contributed by atoms with Crippen molar-refractivity contribution in [2.75, 3.05) is 19.6 Å². The first-order valence-corrected chi connectivity index (χ1v) is 9.41. The van der Waals surface area contributed by atoms with Crippen molar-refractivity contribution in [3.63, 3.8) is 0 Å². The van der Waals surface area contributed by atoms with Crippen LogP contribution in [-0.4, -0.2) is 42.3 Å². The highest BCUT2D eigenvalue weighted by Gasteiger charge is 2.25. The number of piperidine rings is 1. The summed E-state index contributed by atoms with van der Waals surface area (Å²) in [5.41, 5.74) is 0.555. The smallest absolute Gasteiger partial charge is 0.309 e. The van der Waals surface area contributed by atoms with E-state index in [-0.39, 0.29) is 11.8 Å². The third kappa shape index (κ3) is 4.72. The molecule has 1 fully saturated rings. The van der Waals surface area contributed by atoms with Crippen LogP contribution < -0.4 is 10.6 Å². The molecule has 1 saturated heterocycles. The Morgan fingerprint density at radius 2 is 1.92 bits per heavy atom. The zero-order valence-corrected chi connectivity index (χ0v) is 15.1. The van der Waals surface area contributed by atoms with E-state index in [1.165, 1.54) is 23.9 Å². The maximum atomic E-state index is 12.2. The first-order valence-electron chi connectivity index (χ1n) is 8.53. The van der Waals surface area contributed by atoms with E-state index in [4.69, 9.17) is 4.42 Å². The van der Waals surface area contributed by atoms with Gasteiger partial charge in [-0.2, -0.15) is 0 Å². The van der Waals surface area contributed by atoms with E-state index in [0.717, 1.165) is 17.7 Å². The molecule has 0 spiro atoms. The van der Waals surface area contributed by atoms with Gasteiger partial charge in [0.05, 0.1) is 18.4 Å². The summed E-state index contributed by atoms with van der Waals surface area (Å²) in [5.74, 6) is -1.00. The second kappa shape index (κ2) is 8.66. The van der Waals surface area contributed by atoms with E-state index in [1.54, 1.807) is 11.0 Å². The zero-order valence-electron chi connectivity index (χ0n) is 14.3. The van der Waals surface area contributed by atoms with Gasteiger partial charge in [0.2, 0.25) is 0 Å². The molecule has 0 atom stereocenters. The van der Waals surface area contributed by atoms with Gasteiger partial charge in [-0.05, 0) is 36.3 Å². The molecule has 8 heteroatoms. The molecule has 2 N–H and O–H groups in total. The van der Waals surface area contributed by atoms with Crippen LogP contribution >= 0.6 is 11.3 Å². The van der Waals surface area contributed by atoms with Crippen LogP contribution in [0.3, 0.4) is 0 Å². The third-order valence-electron chi connectivity index (χ3n) is 4.43. The molecule has 3 rings (SSSR count). The molecule has 0 saturated carbocycles. The van der Waals surface area contributed by atoms with Crippen molar-refractivity contribution in [1.29, 1.82) is 0 Å². The molecule has 2 aromatic rings. The van der Waals surface area contributed by atoms with Crippen LogP contribution in [0.4, 0.5) is 0 Å². The number of amides is 3. The Bertz CT molecular complexity index is 735. The summed E-state index contributed by atoms with van der Waals surface area (Å²) in [7, 11) is 0. The fraction of sp³-hybridized carbons (Fsp3) is 0.389. The largest absolute Gasteiger partial charge is 0.472 e. The first kappa shape index (κ1) is 18.2. The van der Waals surface area contributed by atoms with Gasteiger partial charge in [-0.3, -0.25) is 14.4 Å². The molecule has 26 heavy (non-hydrogen) atoms. The molecular formula is C18H21N3O4S. The summed E-state index contributed by atoms with van der Waals surface area (Å²) in [4.78, 5) is 38.7. The number of rotatable bonds is 5. The number of nitrogens with zero attached hydrogens (tertiary/aromatic N) is 1. The molecule has 1 aliphatic rings. The quantitative estimate of drug-likeness (QED) is 0.777. The molecule has 0 unspecified atom stereocenters. The van der Waals surface area contributed by atoms with E-state index in [1.807, 2.05) is 17.5 Å². The topological polar surface area (TPSA) is 91.7 Å². The maximum Gasteiger partial charge on any atom is 0.309 e. The van der Waals surface area contributed by atoms with Crippen molar-refractivity contribution in [3.8, 4) is 0 Å². The predicted octanol–water partition coefficient (Wildman–Crippen LogP) is 1.63. The summed E-state index contributed by atoms with van der Waals surface area (Å²) >= 11 is 1.53. The van der Waals surface area contributed by atoms with Crippen LogP contribution in [0.1, 0.15) is 28.1 Å². The van der Waals surface area contributed by atoms with Crippen LogP contribution in [0, 0.1) is 5.92 Å². The molecule has 0 radical (unpaired) electrons. The number of likely N-dealkylation sites (tertiary alicyclic amines) is 1. The van der Waals surface area contributed by atoms with E-state index >= 15 is 0 Å². The number of furan rings is 1. The van der Waals surface area contributed by atoms with Crippen molar-refractivity contribution in [3.05, 3.63) is 46.5 Å². The Labute approximate surface area is 155 Å². The molecule has 1 aliphatic heterocycles. The van der Waals surface area contributed by atoms with E-state index in [9.17, 15) is 14.4 Å². The van der Waals surface area contributed by atoms with Gasteiger partial charge in [0.15, 0.2) is 0 Å². The molecule has 3 heterocycles. The lowest BCUT2D eigenvalue weighted by molar-refractivity contribution is -0.139. The minimum Gasteiger partial charge on any atom is -0.472 e. The van der Waals surface area contributed by atoms with E-state index in [2.05, 4.69) is 10.6 Å². The molecular weight excluding hydrogens is 354 g/mol. The fourth-order valence-electron chi connectivity index (χ4n) is 2.89. The SMILES string of the molecule is O=C(NCc1cccs1)C(=O)NCC1CCN(C(=O)c2ccoc2)CC1. The normalized spacial score (nSPS) is 14.8. The van der Waals surface area contributed by atoms with Gasteiger partial charge in [0, 0.05) is 24.5 Å². The van der Waals surface area contributed by atoms with Crippen LogP contribution in [0.5, 0.6) is 0 Å². The van der Waals surface area contributed by atoms with Crippen molar-refractivity contribution < 1.29 is 18.8 Å². The van der Waals surface area contributed by atoms with E-state index in [0.29, 0.717) is 31.7 Å². The average Bonchev–Trinajstić information content (AvgIpc) is 3.37. The summed E-state index contributed by atoms with van der Waals surface area (Å²) in [5, 5.41) is 7.22. The highest BCUT2D eigenvalue weighted by atomic mass is 32.1. The second-order valence-corrected chi connectivity index (χ2v) is 7.25. The Hall–Kier alpha value is -2.61. The van der Waals surface area contributed by atoms with Crippen molar-refractivity contribution in [2.45, 2.75) is 19.4 Å². The number of carbonyl (C=O) groups excluding carboxylic acids is 3. The minimum atomic E-state index is -0.619. The van der Waals surface area contributed by atoms with Crippen LogP contribution in [0.25, 0.3) is 0 Å². The van der Waals surface area contributed by atoms with Crippen molar-refractivity contribution >= 4 is 29.1 Å². The third-order valence-corrected chi connectivity index (χ3v) is 5.31. The van der Waals surface area contributed by atoms with Crippen molar-refractivity contribution in [2.24, 2.45) is 5.92 Å². The molecule has 2 aromatic heterocycles. The molecule has 138 valence electrons. The molecule has 7 nitrogen and oxygen atoms in total. The molecule has 3 amide bonds. The van der Waals surface area contributed by atoms with Gasteiger partial charge in [0.1, 0.15) is 6.26 Å². The Morgan fingerprint density at radius 3 is 2.58 bits per heavy atom. The monoisotopic (exact) mass is 375 g/mol. The van der Waals surface area contributed by atoms with Gasteiger partial charge in [-0.1, -0.05) is 6.07 Å². The molecule has 0 bridgehead atoms. The number of carbonyl (C=O) groups is 3. The van der Waals surface area contributed by atoms with Crippen molar-refractivity contribution in [1.82, 2.24) is 15.5 Å². The predicted molar refractivity (Wildman–Crippen MR) is 96.5 cm³/mol. The minimum absolute atomic E-state index is 0.0332. The summed E-state index contributed by atoms with van der Waals surface area (Å²) < 4.78 is 4.95. The number of nitrogens with one attached hydrogen (secondary N) is 2. The lowest BCUT2D eigenvalue weighted by atomic mass is 9.96. The Morgan fingerprint density at radius 1 is 1.15 bits per heavy atom. The number of hydrogen-bond acceptors (Lipinski definition) is 5. The summed E-state index contributed by atoms with van der Waals surface area (Å²) in [6.45, 7) is 2.07. The second-order valence-electron chi connectivity index (χ2n) is 6.22. The Kier molecular flexibility index (Phi) is 6.06. The van der Waals surface area contributed by atoms with Crippen LogP contribution in [-0.2, 0) is 16.1 Å². The van der Waals surface area contributed by atoms with Gasteiger partial charge in [-0.25, -0.2) is 0 Å². The lowest BCUT2D eigenvalue weighted by Gasteiger charge is -2.31. The summed E-state index contributed by atoms with van der Waals surface area (Å²) in [6.07, 6.45) is 4.52. The Balaban J connectivity index is 1.36. The first-order chi connectivity index (χ1) is 12.6. The molecule has 0 aromatic carbocycles. The fourth-order valence-corrected chi connectivity index (χ4v) is 3.53. The lowest BCUT2D eigenvalue weighted by Crippen LogP contribution is -2.44. The van der Waals surface area contributed by atoms with Crippen LogP contribution in [0.15, 0.2) is 40.5 Å². The number of hydrogen-bond donors (Lipinski definition) is 2. The van der Waals surface area contributed by atoms with E-state index < -0.39 is 11.8 Å². The maximum absolute atomic E-state index is 12.2. The molecule has 0 aliphatic carbocycles. The van der Waals surface area contributed by atoms with Gasteiger partial charge < -0.3 is 20.0 Å². The average molecular weight is 375 g/mol. The van der Waals surface area contributed by atoms with Gasteiger partial charge >= 0.3 is 11.8 Å². The highest BCUT2D eigenvalue weighted by Crippen LogP contribution is 2.18.